The van der Waals surface area contributed by atoms with E-state index in [-0.39, 0.29) is 5.91 Å². The summed E-state index contributed by atoms with van der Waals surface area (Å²) in [4.78, 5) is 12.2. The van der Waals surface area contributed by atoms with Crippen LogP contribution in [0.2, 0.25) is 0 Å². The van der Waals surface area contributed by atoms with Crippen LogP contribution >= 0.6 is 15.9 Å². The van der Waals surface area contributed by atoms with Gasteiger partial charge >= 0.3 is 5.91 Å². The Kier molecular flexibility index (Phi) is 3.66. The minimum atomic E-state index is -0.302. The number of furan rings is 1. The molecule has 0 aliphatic heterocycles. The van der Waals surface area contributed by atoms with Gasteiger partial charge in [-0.2, -0.15) is 0 Å². The molecule has 4 nitrogen and oxygen atoms in total. The molecule has 0 bridgehead atoms. The van der Waals surface area contributed by atoms with Gasteiger partial charge in [0.05, 0.1) is 5.69 Å². The fourth-order valence-corrected chi connectivity index (χ4v) is 2.48. The number of carbonyl (C=O) groups excluding carboxylic acids is 1. The molecule has 0 spiro atoms. The Morgan fingerprint density at radius 3 is 2.67 bits per heavy atom. The summed E-state index contributed by atoms with van der Waals surface area (Å²) in [5, 5.41) is 0.925. The van der Waals surface area contributed by atoms with Crippen molar-refractivity contribution in [1.82, 2.24) is 5.43 Å². The van der Waals surface area contributed by atoms with E-state index in [1.807, 2.05) is 55.5 Å². The Morgan fingerprint density at radius 2 is 1.90 bits per heavy atom. The van der Waals surface area contributed by atoms with Crippen LogP contribution in [-0.4, -0.2) is 5.91 Å². The van der Waals surface area contributed by atoms with Crippen molar-refractivity contribution in [3.63, 3.8) is 0 Å². The van der Waals surface area contributed by atoms with Crippen molar-refractivity contribution >= 4 is 38.5 Å². The molecule has 2 aromatic carbocycles. The highest BCUT2D eigenvalue weighted by molar-refractivity contribution is 9.10. The number of anilines is 1. The van der Waals surface area contributed by atoms with Gasteiger partial charge in [0.15, 0.2) is 5.76 Å². The van der Waals surface area contributed by atoms with Crippen LogP contribution in [0.1, 0.15) is 16.1 Å². The van der Waals surface area contributed by atoms with Gasteiger partial charge in [-0.3, -0.25) is 15.6 Å². The highest BCUT2D eigenvalue weighted by atomic mass is 79.9. The molecule has 3 aromatic rings. The first-order valence-electron chi connectivity index (χ1n) is 6.45. The molecule has 0 radical (unpaired) electrons. The number of hydrogen-bond acceptors (Lipinski definition) is 3. The lowest BCUT2D eigenvalue weighted by Gasteiger charge is -2.06. The number of halogens is 1. The topological polar surface area (TPSA) is 54.3 Å². The lowest BCUT2D eigenvalue weighted by molar-refractivity contribution is 0.0936. The number of fused-ring (bicyclic) bond motifs is 1. The standard InChI is InChI=1S/C16H13BrN2O2/c1-10-13-9-11(17)7-8-14(13)21-15(10)16(20)19-18-12-5-3-2-4-6-12/h2-9,18H,1H3,(H,19,20). The molecule has 0 aliphatic carbocycles. The molecule has 0 saturated carbocycles. The molecule has 1 aromatic heterocycles. The summed E-state index contributed by atoms with van der Waals surface area (Å²) in [5.74, 6) is 0.00945. The molecule has 5 heteroatoms. The number of carbonyl (C=O) groups is 1. The molecule has 0 fully saturated rings. The zero-order valence-electron chi connectivity index (χ0n) is 11.3. The summed E-state index contributed by atoms with van der Waals surface area (Å²) in [6, 6.07) is 15.1. The summed E-state index contributed by atoms with van der Waals surface area (Å²) in [7, 11) is 0. The number of benzene rings is 2. The van der Waals surface area contributed by atoms with E-state index in [1.54, 1.807) is 0 Å². The van der Waals surface area contributed by atoms with Crippen LogP contribution in [0.4, 0.5) is 5.69 Å². The minimum Gasteiger partial charge on any atom is -0.451 e. The van der Waals surface area contributed by atoms with Gasteiger partial charge in [0.2, 0.25) is 0 Å². The first-order valence-corrected chi connectivity index (χ1v) is 7.24. The molecule has 0 saturated heterocycles. The second-order valence-corrected chi connectivity index (χ2v) is 5.56. The number of amides is 1. The second-order valence-electron chi connectivity index (χ2n) is 4.64. The molecular weight excluding hydrogens is 332 g/mol. The number of hydrazine groups is 1. The zero-order valence-corrected chi connectivity index (χ0v) is 12.9. The van der Waals surface area contributed by atoms with Gasteiger partial charge in [-0.15, -0.1) is 0 Å². The Labute approximate surface area is 130 Å². The first kappa shape index (κ1) is 13.7. The summed E-state index contributed by atoms with van der Waals surface area (Å²) < 4.78 is 6.58. The third-order valence-corrected chi connectivity index (χ3v) is 3.69. The van der Waals surface area contributed by atoms with Gasteiger partial charge in [0, 0.05) is 15.4 Å². The molecule has 2 N–H and O–H groups in total. The van der Waals surface area contributed by atoms with Crippen LogP contribution in [0.25, 0.3) is 11.0 Å². The summed E-state index contributed by atoms with van der Waals surface area (Å²) in [6.45, 7) is 1.87. The molecule has 3 rings (SSSR count). The van der Waals surface area contributed by atoms with Gasteiger partial charge in [0.1, 0.15) is 5.58 Å². The predicted molar refractivity (Wildman–Crippen MR) is 86.2 cm³/mol. The average Bonchev–Trinajstić information content (AvgIpc) is 2.83. The van der Waals surface area contributed by atoms with Gasteiger partial charge in [0.25, 0.3) is 0 Å². The fraction of sp³-hybridized carbons (Fsp3) is 0.0625. The average molecular weight is 345 g/mol. The van der Waals surface area contributed by atoms with Gasteiger partial charge < -0.3 is 4.42 Å². The second kappa shape index (κ2) is 5.61. The van der Waals surface area contributed by atoms with Gasteiger partial charge in [-0.05, 0) is 37.3 Å². The highest BCUT2D eigenvalue weighted by Crippen LogP contribution is 2.27. The van der Waals surface area contributed by atoms with Crippen LogP contribution in [-0.2, 0) is 0 Å². The molecule has 106 valence electrons. The zero-order chi connectivity index (χ0) is 14.8. The van der Waals surface area contributed by atoms with E-state index in [1.165, 1.54) is 0 Å². The third-order valence-electron chi connectivity index (χ3n) is 3.20. The third kappa shape index (κ3) is 2.78. The van der Waals surface area contributed by atoms with Crippen molar-refractivity contribution in [2.45, 2.75) is 6.92 Å². The number of rotatable bonds is 3. The Hall–Kier alpha value is -2.27. The van der Waals surface area contributed by atoms with Crippen LogP contribution in [0.3, 0.4) is 0 Å². The van der Waals surface area contributed by atoms with E-state index >= 15 is 0 Å². The number of hydrogen-bond donors (Lipinski definition) is 2. The van der Waals surface area contributed by atoms with Gasteiger partial charge in [-0.1, -0.05) is 34.1 Å². The smallest absolute Gasteiger partial charge is 0.305 e. The van der Waals surface area contributed by atoms with Crippen LogP contribution in [0, 0.1) is 6.92 Å². The maximum absolute atomic E-state index is 12.2. The normalized spacial score (nSPS) is 10.6. The maximum Gasteiger partial charge on any atom is 0.305 e. The lowest BCUT2D eigenvalue weighted by atomic mass is 10.1. The molecule has 21 heavy (non-hydrogen) atoms. The molecule has 0 aliphatic rings. The number of para-hydroxylation sites is 1. The molecule has 1 heterocycles. The number of nitrogens with one attached hydrogen (secondary N) is 2. The van der Waals surface area contributed by atoms with Crippen molar-refractivity contribution in [2.75, 3.05) is 5.43 Å². The fourth-order valence-electron chi connectivity index (χ4n) is 2.12. The quantitative estimate of drug-likeness (QED) is 0.698. The van der Waals surface area contributed by atoms with Gasteiger partial charge in [-0.25, -0.2) is 0 Å². The minimum absolute atomic E-state index is 0.302. The monoisotopic (exact) mass is 344 g/mol. The van der Waals surface area contributed by atoms with E-state index in [9.17, 15) is 4.79 Å². The predicted octanol–water partition coefficient (Wildman–Crippen LogP) is 4.26. The lowest BCUT2D eigenvalue weighted by Crippen LogP contribution is -2.29. The summed E-state index contributed by atoms with van der Waals surface area (Å²) in [5.41, 5.74) is 7.82. The molecule has 0 unspecified atom stereocenters. The molecule has 0 atom stereocenters. The van der Waals surface area contributed by atoms with Crippen molar-refractivity contribution in [3.8, 4) is 0 Å². The van der Waals surface area contributed by atoms with Crippen LogP contribution in [0.5, 0.6) is 0 Å². The largest absolute Gasteiger partial charge is 0.451 e. The molecule has 1 amide bonds. The first-order chi connectivity index (χ1) is 10.1. The van der Waals surface area contributed by atoms with Crippen molar-refractivity contribution in [3.05, 3.63) is 64.3 Å². The SMILES string of the molecule is Cc1c(C(=O)NNc2ccccc2)oc2ccc(Br)cc12. The van der Waals surface area contributed by atoms with Crippen LogP contribution < -0.4 is 10.9 Å². The van der Waals surface area contributed by atoms with Crippen molar-refractivity contribution < 1.29 is 9.21 Å². The summed E-state index contributed by atoms with van der Waals surface area (Å²) >= 11 is 3.42. The Bertz CT molecular complexity index is 797. The van der Waals surface area contributed by atoms with Crippen molar-refractivity contribution in [1.29, 1.82) is 0 Å². The Morgan fingerprint density at radius 1 is 1.14 bits per heavy atom. The maximum atomic E-state index is 12.2. The van der Waals surface area contributed by atoms with E-state index < -0.39 is 0 Å². The highest BCUT2D eigenvalue weighted by Gasteiger charge is 2.17. The van der Waals surface area contributed by atoms with Crippen LogP contribution in [0.15, 0.2) is 57.4 Å². The summed E-state index contributed by atoms with van der Waals surface area (Å²) in [6.07, 6.45) is 0. The van der Waals surface area contributed by atoms with E-state index in [0.717, 1.165) is 21.1 Å². The Balaban J connectivity index is 1.83. The van der Waals surface area contributed by atoms with Crippen molar-refractivity contribution in [2.24, 2.45) is 0 Å². The van der Waals surface area contributed by atoms with E-state index in [2.05, 4.69) is 26.8 Å². The van der Waals surface area contributed by atoms with E-state index in [0.29, 0.717) is 11.3 Å². The van der Waals surface area contributed by atoms with E-state index in [4.69, 9.17) is 4.42 Å². The molecular formula is C16H13BrN2O2. The number of aryl methyl sites for hydroxylation is 1.